The zero-order valence-electron chi connectivity index (χ0n) is 11.0. The molecule has 1 unspecified atom stereocenters. The molecule has 102 valence electrons. The Morgan fingerprint density at radius 1 is 1.20 bits per heavy atom. The third-order valence-corrected chi connectivity index (χ3v) is 4.52. The number of anilines is 2. The van der Waals surface area contributed by atoms with Gasteiger partial charge in [-0.2, -0.15) is 0 Å². The molecule has 3 rings (SSSR count). The van der Waals surface area contributed by atoms with E-state index in [9.17, 15) is 0 Å². The number of benzene rings is 1. The maximum atomic E-state index is 6.01. The van der Waals surface area contributed by atoms with E-state index in [0.717, 1.165) is 16.0 Å². The first-order chi connectivity index (χ1) is 9.74. The summed E-state index contributed by atoms with van der Waals surface area (Å²) in [7, 11) is 0. The average Bonchev–Trinajstić information content (AvgIpc) is 3.08. The van der Waals surface area contributed by atoms with E-state index >= 15 is 0 Å². The Bertz CT molecular complexity index is 690. The summed E-state index contributed by atoms with van der Waals surface area (Å²) >= 11 is 7.61. The van der Waals surface area contributed by atoms with Gasteiger partial charge in [0.15, 0.2) is 0 Å². The lowest BCUT2D eigenvalue weighted by molar-refractivity contribution is 0.658. The first-order valence-electron chi connectivity index (χ1n) is 6.34. The van der Waals surface area contributed by atoms with Crippen molar-refractivity contribution in [3.8, 4) is 0 Å². The Morgan fingerprint density at radius 2 is 2.00 bits per heavy atom. The number of rotatable bonds is 4. The van der Waals surface area contributed by atoms with Gasteiger partial charge in [-0.25, -0.2) is 4.98 Å². The summed E-state index contributed by atoms with van der Waals surface area (Å²) < 4.78 is 2.92. The largest absolute Gasteiger partial charge is 0.326 e. The van der Waals surface area contributed by atoms with Crippen LogP contribution in [0.1, 0.15) is 17.8 Å². The second-order valence-corrected chi connectivity index (χ2v) is 6.21. The molecule has 0 spiro atoms. The van der Waals surface area contributed by atoms with Crippen molar-refractivity contribution in [2.24, 2.45) is 0 Å². The predicted octanol–water partition coefficient (Wildman–Crippen LogP) is 4.95. The molecule has 5 heteroatoms. The first-order valence-corrected chi connectivity index (χ1v) is 7.53. The SMILES string of the molecule is CC(c1ccc(Cl)s1)n1ccnc1Nc1ccccc1. The van der Waals surface area contributed by atoms with Crippen LogP contribution in [0, 0.1) is 0 Å². The van der Waals surface area contributed by atoms with E-state index in [-0.39, 0.29) is 6.04 Å². The summed E-state index contributed by atoms with van der Waals surface area (Å²) in [6, 6.07) is 14.2. The van der Waals surface area contributed by atoms with Gasteiger partial charge in [0.2, 0.25) is 5.95 Å². The Kier molecular flexibility index (Phi) is 3.76. The number of hydrogen-bond acceptors (Lipinski definition) is 3. The van der Waals surface area contributed by atoms with E-state index in [1.807, 2.05) is 42.6 Å². The Morgan fingerprint density at radius 3 is 2.70 bits per heavy atom. The predicted molar refractivity (Wildman–Crippen MR) is 85.1 cm³/mol. The molecule has 20 heavy (non-hydrogen) atoms. The highest BCUT2D eigenvalue weighted by atomic mass is 35.5. The van der Waals surface area contributed by atoms with Crippen molar-refractivity contribution in [1.29, 1.82) is 0 Å². The van der Waals surface area contributed by atoms with Crippen LogP contribution in [-0.2, 0) is 0 Å². The molecule has 1 N–H and O–H groups in total. The molecular formula is C15H14ClN3S. The molecule has 0 saturated carbocycles. The van der Waals surface area contributed by atoms with Crippen LogP contribution < -0.4 is 5.32 Å². The summed E-state index contributed by atoms with van der Waals surface area (Å²) in [5.41, 5.74) is 1.02. The normalized spacial score (nSPS) is 12.3. The number of hydrogen-bond donors (Lipinski definition) is 1. The zero-order chi connectivity index (χ0) is 13.9. The minimum absolute atomic E-state index is 0.196. The van der Waals surface area contributed by atoms with Crippen molar-refractivity contribution in [3.05, 3.63) is 64.1 Å². The second kappa shape index (κ2) is 5.69. The van der Waals surface area contributed by atoms with Crippen molar-refractivity contribution in [1.82, 2.24) is 9.55 Å². The highest BCUT2D eigenvalue weighted by Crippen LogP contribution is 2.31. The monoisotopic (exact) mass is 303 g/mol. The molecule has 0 fully saturated rings. The minimum Gasteiger partial charge on any atom is -0.326 e. The van der Waals surface area contributed by atoms with E-state index in [0.29, 0.717) is 0 Å². The lowest BCUT2D eigenvalue weighted by Crippen LogP contribution is -2.08. The summed E-state index contributed by atoms with van der Waals surface area (Å²) in [4.78, 5) is 5.60. The third-order valence-electron chi connectivity index (χ3n) is 3.12. The standard InChI is InChI=1S/C15H14ClN3S/c1-11(13-7-8-14(16)20-13)19-10-9-17-15(19)18-12-5-3-2-4-6-12/h2-11H,1H3,(H,17,18). The van der Waals surface area contributed by atoms with Crippen molar-refractivity contribution < 1.29 is 0 Å². The number of thiophene rings is 1. The number of aromatic nitrogens is 2. The second-order valence-electron chi connectivity index (χ2n) is 4.47. The lowest BCUT2D eigenvalue weighted by atomic mass is 10.3. The molecule has 2 heterocycles. The quantitative estimate of drug-likeness (QED) is 0.739. The van der Waals surface area contributed by atoms with Crippen LogP contribution in [0.25, 0.3) is 0 Å². The molecule has 0 aliphatic carbocycles. The van der Waals surface area contributed by atoms with Crippen LogP contribution in [0.5, 0.6) is 0 Å². The summed E-state index contributed by atoms with van der Waals surface area (Å²) in [5, 5.41) is 3.33. The van der Waals surface area contributed by atoms with Crippen molar-refractivity contribution in [2.45, 2.75) is 13.0 Å². The van der Waals surface area contributed by atoms with E-state index in [1.54, 1.807) is 17.5 Å². The topological polar surface area (TPSA) is 29.9 Å². The molecule has 0 radical (unpaired) electrons. The van der Waals surface area contributed by atoms with E-state index in [1.165, 1.54) is 4.88 Å². The molecule has 0 saturated heterocycles. The molecule has 0 amide bonds. The lowest BCUT2D eigenvalue weighted by Gasteiger charge is -2.15. The summed E-state index contributed by atoms with van der Waals surface area (Å²) in [5.74, 6) is 0.827. The minimum atomic E-state index is 0.196. The van der Waals surface area contributed by atoms with Crippen molar-refractivity contribution in [3.63, 3.8) is 0 Å². The van der Waals surface area contributed by atoms with Gasteiger partial charge in [-0.3, -0.25) is 0 Å². The fourth-order valence-corrected chi connectivity index (χ4v) is 3.17. The number of halogens is 1. The number of nitrogens with zero attached hydrogens (tertiary/aromatic N) is 2. The number of imidazole rings is 1. The molecule has 2 aromatic heterocycles. The maximum absolute atomic E-state index is 6.01. The molecule has 0 aliphatic heterocycles. The van der Waals surface area contributed by atoms with Gasteiger partial charge in [0.05, 0.1) is 10.4 Å². The summed E-state index contributed by atoms with van der Waals surface area (Å²) in [6.45, 7) is 2.14. The molecule has 0 aliphatic rings. The van der Waals surface area contributed by atoms with Gasteiger partial charge in [0.1, 0.15) is 0 Å². The Balaban J connectivity index is 1.86. The van der Waals surface area contributed by atoms with Crippen LogP contribution in [0.3, 0.4) is 0 Å². The summed E-state index contributed by atoms with van der Waals surface area (Å²) in [6.07, 6.45) is 3.78. The van der Waals surface area contributed by atoms with Gasteiger partial charge in [-0.1, -0.05) is 29.8 Å². The molecule has 1 atom stereocenters. The molecular weight excluding hydrogens is 290 g/mol. The van der Waals surface area contributed by atoms with Crippen LogP contribution in [0.2, 0.25) is 4.34 Å². The highest BCUT2D eigenvalue weighted by Gasteiger charge is 2.14. The zero-order valence-corrected chi connectivity index (χ0v) is 12.5. The van der Waals surface area contributed by atoms with Crippen molar-refractivity contribution >= 4 is 34.6 Å². The van der Waals surface area contributed by atoms with E-state index < -0.39 is 0 Å². The van der Waals surface area contributed by atoms with Gasteiger partial charge < -0.3 is 9.88 Å². The van der Waals surface area contributed by atoms with Gasteiger partial charge in [0.25, 0.3) is 0 Å². The van der Waals surface area contributed by atoms with Crippen LogP contribution >= 0.6 is 22.9 Å². The van der Waals surface area contributed by atoms with E-state index in [2.05, 4.69) is 27.9 Å². The Labute approximate surface area is 126 Å². The Hall–Kier alpha value is -1.78. The van der Waals surface area contributed by atoms with Gasteiger partial charge >= 0.3 is 0 Å². The number of nitrogens with one attached hydrogen (secondary N) is 1. The van der Waals surface area contributed by atoms with Crippen LogP contribution in [-0.4, -0.2) is 9.55 Å². The van der Waals surface area contributed by atoms with E-state index in [4.69, 9.17) is 11.6 Å². The fraction of sp³-hybridized carbons (Fsp3) is 0.133. The van der Waals surface area contributed by atoms with Gasteiger partial charge in [-0.05, 0) is 31.2 Å². The van der Waals surface area contributed by atoms with Gasteiger partial charge in [0, 0.05) is 23.0 Å². The fourth-order valence-electron chi connectivity index (χ4n) is 2.06. The number of para-hydroxylation sites is 1. The smallest absolute Gasteiger partial charge is 0.207 e. The average molecular weight is 304 g/mol. The van der Waals surface area contributed by atoms with Crippen molar-refractivity contribution in [2.75, 3.05) is 5.32 Å². The molecule has 0 bridgehead atoms. The third kappa shape index (κ3) is 2.71. The van der Waals surface area contributed by atoms with Gasteiger partial charge in [-0.15, -0.1) is 11.3 Å². The highest BCUT2D eigenvalue weighted by molar-refractivity contribution is 7.16. The van der Waals surface area contributed by atoms with Crippen LogP contribution in [0.4, 0.5) is 11.6 Å². The van der Waals surface area contributed by atoms with Crippen LogP contribution in [0.15, 0.2) is 54.9 Å². The molecule has 3 nitrogen and oxygen atoms in total. The molecule has 3 aromatic rings. The first kappa shape index (κ1) is 13.2. The maximum Gasteiger partial charge on any atom is 0.207 e. The molecule has 1 aromatic carbocycles.